The fraction of sp³-hybridized carbons (Fsp3) is 0.190. The van der Waals surface area contributed by atoms with Gasteiger partial charge in [0.2, 0.25) is 0 Å². The molecule has 0 aliphatic carbocycles. The molecule has 1 heterocycles. The highest BCUT2D eigenvalue weighted by atomic mass is 19.4. The summed E-state index contributed by atoms with van der Waals surface area (Å²) >= 11 is 0. The minimum atomic E-state index is -4.50. The molecule has 2 N–H and O–H groups in total. The van der Waals surface area contributed by atoms with E-state index in [1.807, 2.05) is 0 Å². The minimum absolute atomic E-state index is 0.0266. The molecule has 0 aliphatic heterocycles. The summed E-state index contributed by atoms with van der Waals surface area (Å²) in [5.41, 5.74) is 2.31. The van der Waals surface area contributed by atoms with Gasteiger partial charge in [-0.3, -0.25) is 9.59 Å². The van der Waals surface area contributed by atoms with Gasteiger partial charge in [-0.05, 0) is 62.4 Å². The molecule has 31 heavy (non-hydrogen) atoms. The predicted molar refractivity (Wildman–Crippen MR) is 106 cm³/mol. The summed E-state index contributed by atoms with van der Waals surface area (Å²) in [6.45, 7) is 1.93. The lowest BCUT2D eigenvalue weighted by Crippen LogP contribution is -2.33. The lowest BCUT2D eigenvalue weighted by molar-refractivity contribution is -0.123. The van der Waals surface area contributed by atoms with E-state index >= 15 is 0 Å². The molecule has 0 radical (unpaired) electrons. The van der Waals surface area contributed by atoms with E-state index in [0.717, 1.165) is 0 Å². The number of alkyl halides is 3. The van der Waals surface area contributed by atoms with Crippen LogP contribution in [0, 0.1) is 19.7 Å². The van der Waals surface area contributed by atoms with Crippen molar-refractivity contribution in [2.75, 3.05) is 11.9 Å². The Morgan fingerprint density at radius 2 is 1.58 bits per heavy atom. The Morgan fingerprint density at radius 3 is 2.16 bits per heavy atom. The van der Waals surface area contributed by atoms with Crippen LogP contribution in [0.5, 0.6) is 0 Å². The summed E-state index contributed by atoms with van der Waals surface area (Å²) in [4.78, 5) is 24.5. The van der Waals surface area contributed by atoms with Crippen LogP contribution in [0.4, 0.5) is 23.2 Å². The summed E-state index contributed by atoms with van der Waals surface area (Å²) in [7, 11) is 0. The third-order valence-corrected chi connectivity index (χ3v) is 4.44. The van der Waals surface area contributed by atoms with E-state index in [0.29, 0.717) is 28.3 Å². The number of benzene rings is 2. The molecule has 162 valence electrons. The Labute approximate surface area is 174 Å². The topological polar surface area (TPSA) is 76.0 Å². The van der Waals surface area contributed by atoms with Gasteiger partial charge in [-0.1, -0.05) is 0 Å². The van der Waals surface area contributed by atoms with Gasteiger partial charge >= 0.3 is 6.18 Å². The summed E-state index contributed by atoms with van der Waals surface area (Å²) in [5, 5.41) is 8.79. The molecular weight excluding hydrogens is 416 g/mol. The number of carbonyl (C=O) groups excluding carboxylic acids is 2. The fourth-order valence-electron chi connectivity index (χ4n) is 2.99. The van der Waals surface area contributed by atoms with E-state index < -0.39 is 30.4 Å². The average molecular weight is 434 g/mol. The zero-order valence-corrected chi connectivity index (χ0v) is 16.5. The third-order valence-electron chi connectivity index (χ3n) is 4.44. The van der Waals surface area contributed by atoms with Crippen molar-refractivity contribution in [3.05, 3.63) is 76.9 Å². The second-order valence-electron chi connectivity index (χ2n) is 6.76. The highest BCUT2D eigenvalue weighted by Gasteiger charge is 2.28. The van der Waals surface area contributed by atoms with Crippen LogP contribution in [0.1, 0.15) is 32.1 Å². The summed E-state index contributed by atoms with van der Waals surface area (Å²) in [5.74, 6) is -1.71. The van der Waals surface area contributed by atoms with Gasteiger partial charge in [0, 0.05) is 11.3 Å². The van der Waals surface area contributed by atoms with Crippen LogP contribution >= 0.6 is 0 Å². The molecule has 3 aromatic rings. The van der Waals surface area contributed by atoms with Gasteiger partial charge in [0.15, 0.2) is 0 Å². The minimum Gasteiger partial charge on any atom is -0.343 e. The maximum atomic E-state index is 13.2. The molecule has 0 aliphatic rings. The quantitative estimate of drug-likeness (QED) is 0.592. The van der Waals surface area contributed by atoms with E-state index in [1.54, 1.807) is 31.3 Å². The number of carbonyl (C=O) groups is 2. The predicted octanol–water partition coefficient (Wildman–Crippen LogP) is 4.17. The third kappa shape index (κ3) is 5.27. The van der Waals surface area contributed by atoms with E-state index in [1.165, 1.54) is 41.1 Å². The summed E-state index contributed by atoms with van der Waals surface area (Å²) in [6.07, 6.45) is -4.50. The lowest BCUT2D eigenvalue weighted by atomic mass is 10.1. The highest BCUT2D eigenvalue weighted by Crippen LogP contribution is 2.20. The smallest absolute Gasteiger partial charge is 0.343 e. The summed E-state index contributed by atoms with van der Waals surface area (Å²) < 4.78 is 51.3. The van der Waals surface area contributed by atoms with Crippen LogP contribution in [0.2, 0.25) is 0 Å². The van der Waals surface area contributed by atoms with Gasteiger partial charge in [0.1, 0.15) is 12.4 Å². The monoisotopic (exact) mass is 434 g/mol. The number of amides is 2. The maximum absolute atomic E-state index is 13.2. The Bertz CT molecular complexity index is 1100. The van der Waals surface area contributed by atoms with Gasteiger partial charge in [-0.2, -0.15) is 18.3 Å². The molecule has 1 aromatic heterocycles. The van der Waals surface area contributed by atoms with Crippen molar-refractivity contribution >= 4 is 17.5 Å². The Hall–Kier alpha value is -3.69. The first-order valence-electron chi connectivity index (χ1n) is 9.13. The molecule has 0 saturated carbocycles. The largest absolute Gasteiger partial charge is 0.405 e. The van der Waals surface area contributed by atoms with Gasteiger partial charge in [-0.15, -0.1) is 0 Å². The van der Waals surface area contributed by atoms with Crippen LogP contribution in [0.3, 0.4) is 0 Å². The molecular formula is C21H18F4N4O2. The number of nitrogens with zero attached hydrogens (tertiary/aromatic N) is 2. The number of anilines is 1. The van der Waals surface area contributed by atoms with E-state index in [4.69, 9.17) is 0 Å². The number of aromatic nitrogens is 2. The van der Waals surface area contributed by atoms with E-state index in [-0.39, 0.29) is 5.56 Å². The first kappa shape index (κ1) is 22.0. The van der Waals surface area contributed by atoms with Crippen LogP contribution in [0.25, 0.3) is 5.69 Å². The molecule has 2 aromatic carbocycles. The van der Waals surface area contributed by atoms with Gasteiger partial charge < -0.3 is 10.6 Å². The van der Waals surface area contributed by atoms with Crippen molar-refractivity contribution in [2.24, 2.45) is 0 Å². The van der Waals surface area contributed by atoms with Crippen molar-refractivity contribution < 1.29 is 27.2 Å². The normalized spacial score (nSPS) is 11.3. The Morgan fingerprint density at radius 1 is 0.968 bits per heavy atom. The molecule has 0 spiro atoms. The number of halogens is 4. The lowest BCUT2D eigenvalue weighted by Gasteiger charge is -2.09. The molecule has 3 rings (SSSR count). The number of nitrogens with one attached hydrogen (secondary N) is 2. The molecule has 0 saturated heterocycles. The van der Waals surface area contributed by atoms with Crippen LogP contribution in [-0.4, -0.2) is 34.3 Å². The second kappa shape index (κ2) is 8.58. The molecule has 10 heteroatoms. The number of hydrogen-bond donors (Lipinski definition) is 2. The first-order valence-corrected chi connectivity index (χ1v) is 9.13. The highest BCUT2D eigenvalue weighted by molar-refractivity contribution is 6.06. The molecule has 0 bridgehead atoms. The Balaban J connectivity index is 1.73. The number of rotatable bonds is 5. The zero-order chi connectivity index (χ0) is 22.8. The molecule has 0 unspecified atom stereocenters. The van der Waals surface area contributed by atoms with Crippen LogP contribution in [0.15, 0.2) is 48.5 Å². The van der Waals surface area contributed by atoms with Crippen LogP contribution in [-0.2, 0) is 0 Å². The molecule has 0 atom stereocenters. The summed E-state index contributed by atoms with van der Waals surface area (Å²) in [6, 6.07) is 11.1. The maximum Gasteiger partial charge on any atom is 0.405 e. The van der Waals surface area contributed by atoms with E-state index in [2.05, 4.69) is 10.4 Å². The van der Waals surface area contributed by atoms with Crippen molar-refractivity contribution in [3.63, 3.8) is 0 Å². The molecule has 6 nitrogen and oxygen atoms in total. The average Bonchev–Trinajstić information content (AvgIpc) is 3.01. The number of hydrogen-bond acceptors (Lipinski definition) is 3. The number of aryl methyl sites for hydroxylation is 1. The van der Waals surface area contributed by atoms with Gasteiger partial charge in [0.05, 0.1) is 22.6 Å². The van der Waals surface area contributed by atoms with Crippen molar-refractivity contribution in [1.29, 1.82) is 0 Å². The first-order chi connectivity index (χ1) is 14.5. The fourth-order valence-corrected chi connectivity index (χ4v) is 2.99. The second-order valence-corrected chi connectivity index (χ2v) is 6.76. The standard InChI is InChI=1S/C21H18F4N4O2/c1-12-18(13(2)29(28-12)17-9-5-15(22)6-10-17)20(31)27-16-7-3-14(4-8-16)19(30)26-11-21(23,24)25/h3-10H,11H2,1-2H3,(H,26,30)(H,27,31). The van der Waals surface area contributed by atoms with Crippen molar-refractivity contribution in [2.45, 2.75) is 20.0 Å². The van der Waals surface area contributed by atoms with Crippen LogP contribution < -0.4 is 10.6 Å². The SMILES string of the molecule is Cc1nn(-c2ccc(F)cc2)c(C)c1C(=O)Nc1ccc(C(=O)NCC(F)(F)F)cc1. The Kier molecular flexibility index (Phi) is 6.09. The van der Waals surface area contributed by atoms with Gasteiger partial charge in [0.25, 0.3) is 11.8 Å². The zero-order valence-electron chi connectivity index (χ0n) is 16.5. The van der Waals surface area contributed by atoms with Crippen molar-refractivity contribution in [1.82, 2.24) is 15.1 Å². The molecule has 0 fully saturated rings. The molecule has 2 amide bonds. The van der Waals surface area contributed by atoms with E-state index in [9.17, 15) is 27.2 Å². The van der Waals surface area contributed by atoms with Crippen molar-refractivity contribution in [3.8, 4) is 5.69 Å². The van der Waals surface area contributed by atoms with Gasteiger partial charge in [-0.25, -0.2) is 9.07 Å².